The van der Waals surface area contributed by atoms with E-state index in [9.17, 15) is 4.79 Å². The number of unbranched alkanes of at least 4 members (excludes halogenated alkanes) is 2. The number of esters is 1. The molecule has 2 heteroatoms. The van der Waals surface area contributed by atoms with Crippen molar-refractivity contribution in [1.82, 2.24) is 0 Å². The van der Waals surface area contributed by atoms with Crippen LogP contribution >= 0.6 is 0 Å². The third-order valence-corrected chi connectivity index (χ3v) is 2.56. The second-order valence-corrected chi connectivity index (χ2v) is 3.64. The van der Waals surface area contributed by atoms with Crippen LogP contribution < -0.4 is 4.74 Å². The summed E-state index contributed by atoms with van der Waals surface area (Å²) < 4.78 is 5.01. The van der Waals surface area contributed by atoms with Crippen molar-refractivity contribution in [3.05, 3.63) is 29.3 Å². The van der Waals surface area contributed by atoms with E-state index in [-0.39, 0.29) is 5.97 Å². The summed E-state index contributed by atoms with van der Waals surface area (Å²) in [7, 11) is 0. The van der Waals surface area contributed by atoms with Gasteiger partial charge in [-0.05, 0) is 24.5 Å². The lowest BCUT2D eigenvalue weighted by Crippen LogP contribution is -2.22. The van der Waals surface area contributed by atoms with Crippen molar-refractivity contribution in [2.24, 2.45) is 0 Å². The first-order valence-corrected chi connectivity index (χ1v) is 5.17. The minimum atomic E-state index is -0.183. The van der Waals surface area contributed by atoms with Crippen LogP contribution in [-0.2, 0) is 6.42 Å². The second kappa shape index (κ2) is 3.82. The summed E-state index contributed by atoms with van der Waals surface area (Å²) in [6, 6.07) is 5.80. The fourth-order valence-electron chi connectivity index (χ4n) is 1.73. The van der Waals surface area contributed by atoms with Crippen LogP contribution in [-0.4, -0.2) is 5.97 Å². The Labute approximate surface area is 83.9 Å². The highest BCUT2D eigenvalue weighted by atomic mass is 16.6. The fourth-order valence-corrected chi connectivity index (χ4v) is 1.73. The Kier molecular flexibility index (Phi) is 2.53. The Hall–Kier alpha value is -1.31. The molecule has 2 nitrogen and oxygen atoms in total. The normalized spacial score (nSPS) is 13.1. The first kappa shape index (κ1) is 9.25. The average molecular weight is 190 g/mol. The third kappa shape index (κ3) is 1.52. The smallest absolute Gasteiger partial charge is 0.347 e. The van der Waals surface area contributed by atoms with Gasteiger partial charge in [-0.25, -0.2) is 4.79 Å². The van der Waals surface area contributed by atoms with Crippen LogP contribution in [0.1, 0.15) is 42.1 Å². The zero-order valence-electron chi connectivity index (χ0n) is 8.38. The van der Waals surface area contributed by atoms with Gasteiger partial charge in [-0.1, -0.05) is 31.9 Å². The number of aryl methyl sites for hydroxylation is 1. The van der Waals surface area contributed by atoms with Gasteiger partial charge in [0.1, 0.15) is 11.3 Å². The topological polar surface area (TPSA) is 26.3 Å². The monoisotopic (exact) mass is 190 g/mol. The van der Waals surface area contributed by atoms with E-state index in [1.54, 1.807) is 0 Å². The molecule has 0 saturated heterocycles. The molecule has 2 rings (SSSR count). The third-order valence-electron chi connectivity index (χ3n) is 2.56. The van der Waals surface area contributed by atoms with Gasteiger partial charge in [0, 0.05) is 0 Å². The number of ether oxygens (including phenoxy) is 1. The van der Waals surface area contributed by atoms with Gasteiger partial charge >= 0.3 is 5.97 Å². The molecular formula is C12H14O2. The lowest BCUT2D eigenvalue weighted by molar-refractivity contribution is 0.0656. The number of benzene rings is 1. The number of carbonyl (C=O) groups is 1. The van der Waals surface area contributed by atoms with E-state index in [2.05, 4.69) is 6.92 Å². The quantitative estimate of drug-likeness (QED) is 0.539. The number of hydrogen-bond donors (Lipinski definition) is 0. The fraction of sp³-hybridized carbons (Fsp3) is 0.417. The SMILES string of the molecule is CCCCCc1cccc2c1OC2=O. The molecule has 1 aliphatic heterocycles. The van der Waals surface area contributed by atoms with Crippen molar-refractivity contribution in [2.75, 3.05) is 0 Å². The molecule has 0 bridgehead atoms. The highest BCUT2D eigenvalue weighted by Crippen LogP contribution is 2.33. The van der Waals surface area contributed by atoms with Crippen LogP contribution in [0, 0.1) is 0 Å². The maximum atomic E-state index is 11.0. The van der Waals surface area contributed by atoms with Crippen LogP contribution in [0.2, 0.25) is 0 Å². The Balaban J connectivity index is 2.08. The first-order chi connectivity index (χ1) is 6.83. The summed E-state index contributed by atoms with van der Waals surface area (Å²) in [5.74, 6) is 0.631. The molecule has 0 fully saturated rings. The van der Waals surface area contributed by atoms with Gasteiger partial charge in [0.2, 0.25) is 0 Å². The molecule has 0 unspecified atom stereocenters. The van der Waals surface area contributed by atoms with Crippen molar-refractivity contribution in [2.45, 2.75) is 32.6 Å². The Morgan fingerprint density at radius 2 is 2.14 bits per heavy atom. The van der Waals surface area contributed by atoms with Crippen LogP contribution in [0.5, 0.6) is 5.75 Å². The summed E-state index contributed by atoms with van der Waals surface area (Å²) in [6.07, 6.45) is 4.64. The van der Waals surface area contributed by atoms with Gasteiger partial charge in [-0.15, -0.1) is 0 Å². The Morgan fingerprint density at radius 3 is 2.86 bits per heavy atom. The maximum absolute atomic E-state index is 11.0. The molecule has 0 aliphatic carbocycles. The molecule has 1 aliphatic rings. The molecule has 0 saturated carbocycles. The zero-order chi connectivity index (χ0) is 9.97. The van der Waals surface area contributed by atoms with Crippen LogP contribution in [0.4, 0.5) is 0 Å². The average Bonchev–Trinajstić information content (AvgIpc) is 2.19. The minimum absolute atomic E-state index is 0.183. The number of hydrogen-bond acceptors (Lipinski definition) is 2. The van der Waals surface area contributed by atoms with E-state index >= 15 is 0 Å². The van der Waals surface area contributed by atoms with Crippen molar-refractivity contribution < 1.29 is 9.53 Å². The molecular weight excluding hydrogens is 176 g/mol. The molecule has 14 heavy (non-hydrogen) atoms. The van der Waals surface area contributed by atoms with Gasteiger partial charge in [0.25, 0.3) is 0 Å². The first-order valence-electron chi connectivity index (χ1n) is 5.17. The predicted octanol–water partition coefficient (Wildman–Crippen LogP) is 2.95. The van der Waals surface area contributed by atoms with Gasteiger partial charge in [-0.2, -0.15) is 0 Å². The molecule has 74 valence electrons. The Morgan fingerprint density at radius 1 is 1.29 bits per heavy atom. The second-order valence-electron chi connectivity index (χ2n) is 3.64. The highest BCUT2D eigenvalue weighted by molar-refractivity contribution is 6.01. The van der Waals surface area contributed by atoms with E-state index in [1.165, 1.54) is 24.8 Å². The number of para-hydroxylation sites is 1. The zero-order valence-corrected chi connectivity index (χ0v) is 8.38. The van der Waals surface area contributed by atoms with Gasteiger partial charge in [0.15, 0.2) is 0 Å². The molecule has 0 radical (unpaired) electrons. The summed E-state index contributed by atoms with van der Waals surface area (Å²) >= 11 is 0. The number of fused-ring (bicyclic) bond motifs is 1. The van der Waals surface area contributed by atoms with E-state index in [4.69, 9.17) is 4.74 Å². The molecule has 1 aromatic carbocycles. The molecule has 0 N–H and O–H groups in total. The summed E-state index contributed by atoms with van der Waals surface area (Å²) in [5.41, 5.74) is 1.93. The van der Waals surface area contributed by atoms with Crippen molar-refractivity contribution >= 4 is 5.97 Å². The van der Waals surface area contributed by atoms with Gasteiger partial charge in [-0.3, -0.25) is 0 Å². The summed E-state index contributed by atoms with van der Waals surface area (Å²) in [4.78, 5) is 11.0. The number of rotatable bonds is 4. The van der Waals surface area contributed by atoms with Crippen LogP contribution in [0.3, 0.4) is 0 Å². The largest absolute Gasteiger partial charge is 0.422 e. The van der Waals surface area contributed by atoms with Crippen LogP contribution in [0.15, 0.2) is 18.2 Å². The van der Waals surface area contributed by atoms with Crippen molar-refractivity contribution in [1.29, 1.82) is 0 Å². The lowest BCUT2D eigenvalue weighted by atomic mass is 10.0. The van der Waals surface area contributed by atoms with Crippen molar-refractivity contribution in [3.8, 4) is 5.75 Å². The lowest BCUT2D eigenvalue weighted by Gasteiger charge is -2.20. The molecule has 0 spiro atoms. The minimum Gasteiger partial charge on any atom is -0.422 e. The standard InChI is InChI=1S/C12H14O2/c1-2-3-4-6-9-7-5-8-10-11(9)14-12(10)13/h5,7-8H,2-4,6H2,1H3. The predicted molar refractivity (Wildman–Crippen MR) is 54.6 cm³/mol. The van der Waals surface area contributed by atoms with E-state index < -0.39 is 0 Å². The van der Waals surface area contributed by atoms with E-state index in [0.29, 0.717) is 0 Å². The number of carbonyl (C=O) groups excluding carboxylic acids is 1. The van der Waals surface area contributed by atoms with Gasteiger partial charge < -0.3 is 4.74 Å². The molecule has 1 heterocycles. The molecule has 0 atom stereocenters. The van der Waals surface area contributed by atoms with Crippen LogP contribution in [0.25, 0.3) is 0 Å². The maximum Gasteiger partial charge on any atom is 0.347 e. The molecule has 0 amide bonds. The van der Waals surface area contributed by atoms with Gasteiger partial charge in [0.05, 0.1) is 0 Å². The van der Waals surface area contributed by atoms with E-state index in [0.717, 1.165) is 17.7 Å². The van der Waals surface area contributed by atoms with E-state index in [1.807, 2.05) is 18.2 Å². The molecule has 1 aromatic rings. The summed E-state index contributed by atoms with van der Waals surface area (Å²) in [5, 5.41) is 0. The van der Waals surface area contributed by atoms with Crippen molar-refractivity contribution in [3.63, 3.8) is 0 Å². The Bertz CT molecular complexity index is 355. The highest BCUT2D eigenvalue weighted by Gasteiger charge is 2.27. The summed E-state index contributed by atoms with van der Waals surface area (Å²) in [6.45, 7) is 2.18. The molecule has 0 aromatic heterocycles.